The Hall–Kier alpha value is -1.32. The van der Waals surface area contributed by atoms with Crippen LogP contribution in [0.1, 0.15) is 40.6 Å². The molecule has 0 spiro atoms. The van der Waals surface area contributed by atoms with Crippen molar-refractivity contribution in [2.24, 2.45) is 0 Å². The van der Waals surface area contributed by atoms with Gasteiger partial charge in [0.05, 0.1) is 0 Å². The van der Waals surface area contributed by atoms with E-state index in [1.807, 2.05) is 7.05 Å². The molecule has 20 heavy (non-hydrogen) atoms. The van der Waals surface area contributed by atoms with Crippen LogP contribution in [-0.4, -0.2) is 7.05 Å². The number of nitrogens with one attached hydrogen (secondary N) is 1. The number of thiophene rings is 1. The fraction of sp³-hybridized carbons (Fsp3) is 0.412. The van der Waals surface area contributed by atoms with E-state index >= 15 is 0 Å². The van der Waals surface area contributed by atoms with Crippen LogP contribution in [0.25, 0.3) is 0 Å². The Morgan fingerprint density at radius 3 is 2.55 bits per heavy atom. The minimum absolute atomic E-state index is 0.561. The van der Waals surface area contributed by atoms with Crippen LogP contribution >= 0.6 is 11.3 Å². The monoisotopic (exact) mass is 289 g/mol. The molecule has 0 radical (unpaired) electrons. The Kier molecular flexibility index (Phi) is 5.21. The maximum Gasteiger partial charge on any atom is 0.122 e. The van der Waals surface area contributed by atoms with E-state index < -0.39 is 0 Å². The van der Waals surface area contributed by atoms with E-state index in [1.165, 1.54) is 20.9 Å². The molecule has 0 unspecified atom stereocenters. The molecule has 1 aromatic heterocycles. The van der Waals surface area contributed by atoms with Crippen molar-refractivity contribution < 1.29 is 4.74 Å². The summed E-state index contributed by atoms with van der Waals surface area (Å²) in [6.07, 6.45) is 0. The highest BCUT2D eigenvalue weighted by Gasteiger charge is 2.05. The summed E-state index contributed by atoms with van der Waals surface area (Å²) in [5.74, 6) is 1.51. The van der Waals surface area contributed by atoms with Crippen LogP contribution in [0.2, 0.25) is 0 Å². The van der Waals surface area contributed by atoms with E-state index in [4.69, 9.17) is 4.74 Å². The zero-order valence-electron chi connectivity index (χ0n) is 12.7. The molecule has 0 aliphatic rings. The minimum Gasteiger partial charge on any atom is -0.488 e. The highest BCUT2D eigenvalue weighted by Crippen LogP contribution is 2.25. The summed E-state index contributed by atoms with van der Waals surface area (Å²) >= 11 is 1.80. The Bertz CT molecular complexity index is 560. The summed E-state index contributed by atoms with van der Waals surface area (Å²) in [6.45, 7) is 8.16. The van der Waals surface area contributed by atoms with E-state index in [2.05, 4.69) is 56.4 Å². The van der Waals surface area contributed by atoms with Crippen LogP contribution in [0.5, 0.6) is 5.75 Å². The number of benzene rings is 1. The molecule has 2 nitrogen and oxygen atoms in total. The molecule has 1 heterocycles. The molecule has 0 fully saturated rings. The molecule has 0 saturated carbocycles. The molecule has 0 atom stereocenters. The second-order valence-electron chi connectivity index (χ2n) is 5.36. The van der Waals surface area contributed by atoms with Gasteiger partial charge >= 0.3 is 0 Å². The third-order valence-electron chi connectivity index (χ3n) is 3.31. The molecule has 108 valence electrons. The smallest absolute Gasteiger partial charge is 0.122 e. The van der Waals surface area contributed by atoms with Crippen molar-refractivity contribution in [3.8, 4) is 5.75 Å². The molecule has 0 amide bonds. The van der Waals surface area contributed by atoms with Gasteiger partial charge in [0.15, 0.2) is 0 Å². The standard InChI is InChI=1S/C17H23NOS/c1-12(2)17-8-5-14(9-13(17)3)19-11-16-7-6-15(20-16)10-18-4/h5-9,12,18H,10-11H2,1-4H3. The topological polar surface area (TPSA) is 21.3 Å². The lowest BCUT2D eigenvalue weighted by molar-refractivity contribution is 0.309. The first-order chi connectivity index (χ1) is 9.60. The van der Waals surface area contributed by atoms with Crippen LogP contribution in [0.3, 0.4) is 0 Å². The van der Waals surface area contributed by atoms with E-state index in [9.17, 15) is 0 Å². The quantitative estimate of drug-likeness (QED) is 0.846. The molecular formula is C17H23NOS. The van der Waals surface area contributed by atoms with E-state index in [1.54, 1.807) is 11.3 Å². The van der Waals surface area contributed by atoms with Crippen molar-refractivity contribution >= 4 is 11.3 Å². The van der Waals surface area contributed by atoms with Gasteiger partial charge in [0.1, 0.15) is 12.4 Å². The van der Waals surface area contributed by atoms with Crippen LogP contribution in [0, 0.1) is 6.92 Å². The highest BCUT2D eigenvalue weighted by atomic mass is 32.1. The molecule has 1 N–H and O–H groups in total. The lowest BCUT2D eigenvalue weighted by Gasteiger charge is -2.12. The van der Waals surface area contributed by atoms with Gasteiger partial charge in [-0.25, -0.2) is 0 Å². The Morgan fingerprint density at radius 1 is 1.15 bits per heavy atom. The summed E-state index contributed by atoms with van der Waals surface area (Å²) < 4.78 is 5.89. The van der Waals surface area contributed by atoms with Gasteiger partial charge < -0.3 is 10.1 Å². The summed E-state index contributed by atoms with van der Waals surface area (Å²) in [4.78, 5) is 2.61. The zero-order chi connectivity index (χ0) is 14.5. The van der Waals surface area contributed by atoms with E-state index in [-0.39, 0.29) is 0 Å². The summed E-state index contributed by atoms with van der Waals surface area (Å²) in [6, 6.07) is 10.7. The number of hydrogen-bond acceptors (Lipinski definition) is 3. The van der Waals surface area contributed by atoms with Crippen molar-refractivity contribution in [3.63, 3.8) is 0 Å². The normalized spacial score (nSPS) is 11.1. The largest absolute Gasteiger partial charge is 0.488 e. The van der Waals surface area contributed by atoms with Crippen molar-refractivity contribution in [2.75, 3.05) is 7.05 Å². The van der Waals surface area contributed by atoms with Gasteiger partial charge in [0.25, 0.3) is 0 Å². The van der Waals surface area contributed by atoms with Gasteiger partial charge in [-0.1, -0.05) is 19.9 Å². The van der Waals surface area contributed by atoms with Crippen LogP contribution < -0.4 is 10.1 Å². The maximum absolute atomic E-state index is 5.89. The lowest BCUT2D eigenvalue weighted by Crippen LogP contribution is -2.02. The molecule has 1 aromatic carbocycles. The highest BCUT2D eigenvalue weighted by molar-refractivity contribution is 7.11. The number of aryl methyl sites for hydroxylation is 1. The average molecular weight is 289 g/mol. The van der Waals surface area contributed by atoms with Crippen molar-refractivity contribution in [2.45, 2.75) is 39.8 Å². The first-order valence-corrected chi connectivity index (χ1v) is 7.87. The predicted molar refractivity (Wildman–Crippen MR) is 86.7 cm³/mol. The number of rotatable bonds is 6. The summed E-state index contributed by atoms with van der Waals surface area (Å²) in [5.41, 5.74) is 2.70. The van der Waals surface area contributed by atoms with Gasteiger partial charge in [-0.3, -0.25) is 0 Å². The Balaban J connectivity index is 1.98. The fourth-order valence-electron chi connectivity index (χ4n) is 2.31. The number of ether oxygens (including phenoxy) is 1. The van der Waals surface area contributed by atoms with Gasteiger partial charge in [-0.2, -0.15) is 0 Å². The minimum atomic E-state index is 0.561. The van der Waals surface area contributed by atoms with Crippen LogP contribution in [0.4, 0.5) is 0 Å². The van der Waals surface area contributed by atoms with Gasteiger partial charge in [-0.15, -0.1) is 11.3 Å². The van der Waals surface area contributed by atoms with Gasteiger partial charge in [0, 0.05) is 16.3 Å². The second kappa shape index (κ2) is 6.91. The summed E-state index contributed by atoms with van der Waals surface area (Å²) in [7, 11) is 1.97. The Labute approximate surface area is 125 Å². The second-order valence-corrected chi connectivity index (χ2v) is 6.61. The molecule has 3 heteroatoms. The third-order valence-corrected chi connectivity index (χ3v) is 4.37. The van der Waals surface area contributed by atoms with Gasteiger partial charge in [-0.05, 0) is 55.3 Å². The summed E-state index contributed by atoms with van der Waals surface area (Å²) in [5, 5.41) is 3.16. The van der Waals surface area contributed by atoms with Crippen LogP contribution in [0.15, 0.2) is 30.3 Å². The third kappa shape index (κ3) is 3.84. The van der Waals surface area contributed by atoms with Crippen molar-refractivity contribution in [1.82, 2.24) is 5.32 Å². The molecule has 0 aliphatic carbocycles. The van der Waals surface area contributed by atoms with Crippen molar-refractivity contribution in [1.29, 1.82) is 0 Å². The molecule has 0 bridgehead atoms. The maximum atomic E-state index is 5.89. The SMILES string of the molecule is CNCc1ccc(COc2ccc(C(C)C)c(C)c2)s1. The molecule has 2 rings (SSSR count). The Morgan fingerprint density at radius 2 is 1.90 bits per heavy atom. The van der Waals surface area contributed by atoms with E-state index in [0.717, 1.165) is 12.3 Å². The molecule has 2 aromatic rings. The van der Waals surface area contributed by atoms with Crippen LogP contribution in [-0.2, 0) is 13.2 Å². The van der Waals surface area contributed by atoms with Gasteiger partial charge in [0.2, 0.25) is 0 Å². The number of hydrogen-bond donors (Lipinski definition) is 1. The zero-order valence-corrected chi connectivity index (χ0v) is 13.5. The fourth-order valence-corrected chi connectivity index (χ4v) is 3.25. The molecular weight excluding hydrogens is 266 g/mol. The molecule has 0 saturated heterocycles. The van der Waals surface area contributed by atoms with Crippen molar-refractivity contribution in [3.05, 3.63) is 51.2 Å². The predicted octanol–water partition coefficient (Wildman–Crippen LogP) is 4.48. The average Bonchev–Trinajstić information content (AvgIpc) is 2.84. The first-order valence-electron chi connectivity index (χ1n) is 7.05. The van der Waals surface area contributed by atoms with E-state index in [0.29, 0.717) is 12.5 Å². The first kappa shape index (κ1) is 15.1. The lowest BCUT2D eigenvalue weighted by atomic mass is 9.98. The molecule has 0 aliphatic heterocycles.